The lowest BCUT2D eigenvalue weighted by atomic mass is 9.96. The van der Waals surface area contributed by atoms with Crippen molar-refractivity contribution in [2.75, 3.05) is 37.6 Å². The largest absolute Gasteiger partial charge is 0.338 e. The van der Waals surface area contributed by atoms with Gasteiger partial charge in [0.2, 0.25) is 11.8 Å². The number of hydrogen-bond donors (Lipinski definition) is 0. The normalized spacial score (nSPS) is 22.5. The number of piperazine rings is 1. The van der Waals surface area contributed by atoms with Gasteiger partial charge in [0.25, 0.3) is 0 Å². The molecule has 2 aliphatic heterocycles. The molecule has 0 radical (unpaired) electrons. The number of nitrogens with zero attached hydrogens (tertiary/aromatic N) is 3. The van der Waals surface area contributed by atoms with Crippen LogP contribution in [0.25, 0.3) is 0 Å². The Morgan fingerprint density at radius 1 is 1.08 bits per heavy atom. The van der Waals surface area contributed by atoms with Crippen LogP contribution in [-0.4, -0.2) is 60.4 Å². The third-order valence-electron chi connectivity index (χ3n) is 4.91. The minimum atomic E-state index is -0.343. The van der Waals surface area contributed by atoms with Gasteiger partial charge in [0.05, 0.1) is 0 Å². The smallest absolute Gasteiger partial charge is 0.245 e. The summed E-state index contributed by atoms with van der Waals surface area (Å²) < 4.78 is 0. The molecule has 1 unspecified atom stereocenters. The summed E-state index contributed by atoms with van der Waals surface area (Å²) in [5, 5.41) is 0. The summed E-state index contributed by atoms with van der Waals surface area (Å²) in [6.07, 6.45) is 1.07. The minimum Gasteiger partial charge on any atom is -0.338 e. The SMILES string of the molecule is CC(C)(C)CN1CCN(C(=O)C2CCC(=O)N2c2ccccc2)CC1. The summed E-state index contributed by atoms with van der Waals surface area (Å²) in [4.78, 5) is 31.4. The van der Waals surface area contributed by atoms with E-state index in [9.17, 15) is 9.59 Å². The fraction of sp³-hybridized carbons (Fsp3) is 0.600. The summed E-state index contributed by atoms with van der Waals surface area (Å²) in [7, 11) is 0. The lowest BCUT2D eigenvalue weighted by Crippen LogP contribution is -2.55. The molecule has 3 rings (SSSR count). The maximum atomic E-state index is 13.0. The van der Waals surface area contributed by atoms with Gasteiger partial charge in [-0.25, -0.2) is 0 Å². The van der Waals surface area contributed by atoms with Gasteiger partial charge in [0.15, 0.2) is 0 Å². The van der Waals surface area contributed by atoms with Crippen LogP contribution in [0.15, 0.2) is 30.3 Å². The Labute approximate surface area is 150 Å². The monoisotopic (exact) mass is 343 g/mol. The standard InChI is InChI=1S/C20H29N3O2/c1-20(2,3)15-21-11-13-22(14-12-21)19(25)17-9-10-18(24)23(17)16-7-5-4-6-8-16/h4-8,17H,9-15H2,1-3H3. The minimum absolute atomic E-state index is 0.0518. The fourth-order valence-corrected chi connectivity index (χ4v) is 3.84. The van der Waals surface area contributed by atoms with Crippen molar-refractivity contribution < 1.29 is 9.59 Å². The topological polar surface area (TPSA) is 43.9 Å². The van der Waals surface area contributed by atoms with Gasteiger partial charge in [0.1, 0.15) is 6.04 Å². The number of amides is 2. The highest BCUT2D eigenvalue weighted by Crippen LogP contribution is 2.28. The van der Waals surface area contributed by atoms with E-state index >= 15 is 0 Å². The van der Waals surface area contributed by atoms with E-state index in [0.717, 1.165) is 38.4 Å². The predicted molar refractivity (Wildman–Crippen MR) is 99.4 cm³/mol. The van der Waals surface area contributed by atoms with Crippen LogP contribution in [0.3, 0.4) is 0 Å². The maximum Gasteiger partial charge on any atom is 0.245 e. The average molecular weight is 343 g/mol. The van der Waals surface area contributed by atoms with Crippen LogP contribution in [0.5, 0.6) is 0 Å². The van der Waals surface area contributed by atoms with Gasteiger partial charge in [-0.2, -0.15) is 0 Å². The van der Waals surface area contributed by atoms with E-state index in [1.165, 1.54) is 0 Å². The molecule has 5 nitrogen and oxygen atoms in total. The average Bonchev–Trinajstić information content (AvgIpc) is 2.96. The van der Waals surface area contributed by atoms with Gasteiger partial charge >= 0.3 is 0 Å². The molecule has 2 aliphatic rings. The Kier molecular flexibility index (Phi) is 5.13. The zero-order valence-electron chi connectivity index (χ0n) is 15.6. The third-order valence-corrected chi connectivity index (χ3v) is 4.91. The van der Waals surface area contributed by atoms with Crippen LogP contribution in [0.2, 0.25) is 0 Å². The Hall–Kier alpha value is -1.88. The number of hydrogen-bond acceptors (Lipinski definition) is 3. The zero-order valence-corrected chi connectivity index (χ0v) is 15.6. The van der Waals surface area contributed by atoms with E-state index in [1.807, 2.05) is 35.2 Å². The van der Waals surface area contributed by atoms with Crippen LogP contribution in [-0.2, 0) is 9.59 Å². The quantitative estimate of drug-likeness (QED) is 0.846. The van der Waals surface area contributed by atoms with Crippen molar-refractivity contribution in [1.82, 2.24) is 9.80 Å². The van der Waals surface area contributed by atoms with Crippen molar-refractivity contribution in [3.05, 3.63) is 30.3 Å². The number of para-hydroxylation sites is 1. The first kappa shape index (κ1) is 17.9. The molecule has 2 heterocycles. The summed E-state index contributed by atoms with van der Waals surface area (Å²) in [6.45, 7) is 11.1. The van der Waals surface area contributed by atoms with Crippen LogP contribution < -0.4 is 4.90 Å². The molecule has 136 valence electrons. The Morgan fingerprint density at radius 2 is 1.72 bits per heavy atom. The van der Waals surface area contributed by atoms with Crippen LogP contribution in [0.4, 0.5) is 5.69 Å². The Bertz CT molecular complexity index is 616. The molecular weight excluding hydrogens is 314 g/mol. The zero-order chi connectivity index (χ0) is 18.0. The third kappa shape index (κ3) is 4.21. The molecule has 2 saturated heterocycles. The highest BCUT2D eigenvalue weighted by molar-refractivity contribution is 6.03. The molecule has 0 aliphatic carbocycles. The summed E-state index contributed by atoms with van der Waals surface area (Å²) >= 11 is 0. The molecule has 0 spiro atoms. The van der Waals surface area contributed by atoms with Crippen molar-refractivity contribution in [3.8, 4) is 0 Å². The summed E-state index contributed by atoms with van der Waals surface area (Å²) in [5.41, 5.74) is 1.10. The summed E-state index contributed by atoms with van der Waals surface area (Å²) in [5.74, 6) is 0.154. The molecule has 1 aromatic rings. The van der Waals surface area contributed by atoms with Crippen molar-refractivity contribution in [2.45, 2.75) is 39.7 Å². The van der Waals surface area contributed by atoms with Crippen molar-refractivity contribution in [1.29, 1.82) is 0 Å². The molecule has 2 fully saturated rings. The molecule has 0 bridgehead atoms. The number of benzene rings is 1. The number of anilines is 1. The van der Waals surface area contributed by atoms with Crippen LogP contribution in [0.1, 0.15) is 33.6 Å². The van der Waals surface area contributed by atoms with E-state index in [0.29, 0.717) is 12.8 Å². The van der Waals surface area contributed by atoms with E-state index in [1.54, 1.807) is 4.90 Å². The molecule has 1 aromatic carbocycles. The predicted octanol–water partition coefficient (Wildman–Crippen LogP) is 2.37. The molecule has 1 atom stereocenters. The highest BCUT2D eigenvalue weighted by Gasteiger charge is 2.39. The first-order valence-electron chi connectivity index (χ1n) is 9.23. The van der Waals surface area contributed by atoms with Gasteiger partial charge in [-0.1, -0.05) is 39.0 Å². The van der Waals surface area contributed by atoms with Crippen LogP contribution >= 0.6 is 0 Å². The number of rotatable bonds is 3. The molecule has 25 heavy (non-hydrogen) atoms. The van der Waals surface area contributed by atoms with Gasteiger partial charge in [-0.15, -0.1) is 0 Å². The number of carbonyl (C=O) groups excluding carboxylic acids is 2. The second-order valence-electron chi connectivity index (χ2n) is 8.32. The van der Waals surface area contributed by atoms with Gasteiger partial charge in [0, 0.05) is 44.8 Å². The lowest BCUT2D eigenvalue weighted by Gasteiger charge is -2.39. The van der Waals surface area contributed by atoms with E-state index in [2.05, 4.69) is 25.7 Å². The second-order valence-corrected chi connectivity index (χ2v) is 8.32. The summed E-state index contributed by atoms with van der Waals surface area (Å²) in [6, 6.07) is 9.22. The van der Waals surface area contributed by atoms with E-state index < -0.39 is 0 Å². The fourth-order valence-electron chi connectivity index (χ4n) is 3.84. The highest BCUT2D eigenvalue weighted by atomic mass is 16.2. The van der Waals surface area contributed by atoms with E-state index in [-0.39, 0.29) is 23.3 Å². The Balaban J connectivity index is 1.64. The molecule has 5 heteroatoms. The second kappa shape index (κ2) is 7.16. The molecule has 0 N–H and O–H groups in total. The number of carbonyl (C=O) groups is 2. The Morgan fingerprint density at radius 3 is 2.32 bits per heavy atom. The molecule has 0 aromatic heterocycles. The van der Waals surface area contributed by atoms with Crippen molar-refractivity contribution in [2.24, 2.45) is 5.41 Å². The maximum absolute atomic E-state index is 13.0. The molecular formula is C20H29N3O2. The van der Waals surface area contributed by atoms with Crippen LogP contribution in [0, 0.1) is 5.41 Å². The van der Waals surface area contributed by atoms with E-state index in [4.69, 9.17) is 0 Å². The lowest BCUT2D eigenvalue weighted by molar-refractivity contribution is -0.135. The first-order valence-corrected chi connectivity index (χ1v) is 9.23. The first-order chi connectivity index (χ1) is 11.8. The van der Waals surface area contributed by atoms with Gasteiger partial charge in [-0.05, 0) is 24.0 Å². The molecule has 2 amide bonds. The van der Waals surface area contributed by atoms with Gasteiger partial charge < -0.3 is 4.90 Å². The van der Waals surface area contributed by atoms with Crippen molar-refractivity contribution >= 4 is 17.5 Å². The van der Waals surface area contributed by atoms with Crippen molar-refractivity contribution in [3.63, 3.8) is 0 Å². The van der Waals surface area contributed by atoms with Gasteiger partial charge in [-0.3, -0.25) is 19.4 Å². The molecule has 0 saturated carbocycles.